The summed E-state index contributed by atoms with van der Waals surface area (Å²) in [6.45, 7) is 3.48. The fraction of sp³-hybridized carbons (Fsp3) is 0.222. The lowest BCUT2D eigenvalue weighted by molar-refractivity contribution is 0.0955. The molecule has 2 aliphatic rings. The van der Waals surface area contributed by atoms with E-state index >= 15 is 0 Å². The predicted molar refractivity (Wildman–Crippen MR) is 142 cm³/mol. The van der Waals surface area contributed by atoms with E-state index in [1.807, 2.05) is 61.5 Å². The van der Waals surface area contributed by atoms with Crippen LogP contribution in [0, 0.1) is 6.92 Å². The molecule has 2 aliphatic heterocycles. The second-order valence-electron chi connectivity index (χ2n) is 8.95. The number of aryl methyl sites for hydroxylation is 1. The summed E-state index contributed by atoms with van der Waals surface area (Å²) in [5.41, 5.74) is 2.84. The minimum Gasteiger partial charge on any atom is -0.457 e. The van der Waals surface area contributed by atoms with Crippen LogP contribution in [0.1, 0.15) is 28.1 Å². The minimum atomic E-state index is -0.320. The van der Waals surface area contributed by atoms with Crippen LogP contribution in [0.4, 0.5) is 21.9 Å². The Kier molecular flexibility index (Phi) is 5.79. The first-order chi connectivity index (χ1) is 17.6. The van der Waals surface area contributed by atoms with E-state index in [2.05, 4.69) is 20.9 Å². The molecule has 4 aromatic rings. The van der Waals surface area contributed by atoms with E-state index in [4.69, 9.17) is 4.74 Å². The first kappa shape index (κ1) is 22.5. The van der Waals surface area contributed by atoms with Crippen LogP contribution in [0.2, 0.25) is 0 Å². The number of benzene rings is 2. The molecular formula is C27H25N5O3S. The minimum absolute atomic E-state index is 0.194. The van der Waals surface area contributed by atoms with Gasteiger partial charge < -0.3 is 20.7 Å². The highest BCUT2D eigenvalue weighted by Crippen LogP contribution is 2.46. The van der Waals surface area contributed by atoms with Gasteiger partial charge in [0.25, 0.3) is 5.91 Å². The summed E-state index contributed by atoms with van der Waals surface area (Å²) >= 11 is 1.30. The van der Waals surface area contributed by atoms with Crippen molar-refractivity contribution in [3.05, 3.63) is 71.2 Å². The molecule has 6 rings (SSSR count). The maximum Gasteiger partial charge on any atom is 0.331 e. The second kappa shape index (κ2) is 9.25. The molecule has 2 aromatic heterocycles. The van der Waals surface area contributed by atoms with Crippen molar-refractivity contribution in [2.45, 2.75) is 25.8 Å². The molecule has 9 heteroatoms. The van der Waals surface area contributed by atoms with Gasteiger partial charge in [0.15, 0.2) is 0 Å². The number of nitrogens with zero attached hydrogens (tertiary/aromatic N) is 2. The number of para-hydroxylation sites is 1. The Hall–Kier alpha value is -3.95. The lowest BCUT2D eigenvalue weighted by atomic mass is 10.1. The van der Waals surface area contributed by atoms with Crippen LogP contribution in [-0.4, -0.2) is 36.1 Å². The molecule has 36 heavy (non-hydrogen) atoms. The number of ether oxygens (including phenoxy) is 1. The van der Waals surface area contributed by atoms with Crippen LogP contribution in [-0.2, 0) is 0 Å². The number of rotatable bonds is 6. The fourth-order valence-electron chi connectivity index (χ4n) is 4.78. The third-order valence-electron chi connectivity index (χ3n) is 6.51. The predicted octanol–water partition coefficient (Wildman–Crippen LogP) is 5.56. The Labute approximate surface area is 212 Å². The van der Waals surface area contributed by atoms with Gasteiger partial charge >= 0.3 is 6.03 Å². The van der Waals surface area contributed by atoms with Crippen molar-refractivity contribution < 1.29 is 14.3 Å². The van der Waals surface area contributed by atoms with Gasteiger partial charge in [0.05, 0.1) is 22.4 Å². The largest absolute Gasteiger partial charge is 0.457 e. The summed E-state index contributed by atoms with van der Waals surface area (Å²) < 4.78 is 5.96. The molecule has 1 atom stereocenters. The SMILES string of the molecule is Cc1cc(Oc2ccccc2)ccc1N1C(=O)Nc2c(C(=O)NCC3CCCN3)sc3nccc1c23. The normalized spacial score (nSPS) is 16.8. The molecule has 3 N–H and O–H groups in total. The zero-order valence-electron chi connectivity index (χ0n) is 19.7. The van der Waals surface area contributed by atoms with E-state index in [9.17, 15) is 9.59 Å². The van der Waals surface area contributed by atoms with E-state index in [-0.39, 0.29) is 18.0 Å². The van der Waals surface area contributed by atoms with Gasteiger partial charge in [-0.3, -0.25) is 9.69 Å². The number of amides is 3. The molecule has 1 saturated heterocycles. The quantitative estimate of drug-likeness (QED) is 0.323. The van der Waals surface area contributed by atoms with Crippen LogP contribution >= 0.6 is 11.3 Å². The summed E-state index contributed by atoms with van der Waals surface area (Å²) in [7, 11) is 0. The molecule has 0 bridgehead atoms. The molecule has 4 heterocycles. The molecule has 8 nitrogen and oxygen atoms in total. The zero-order chi connectivity index (χ0) is 24.6. The van der Waals surface area contributed by atoms with Crippen LogP contribution in [0.25, 0.3) is 10.2 Å². The Bertz CT molecular complexity index is 1460. The number of nitrogens with one attached hydrogen (secondary N) is 3. The van der Waals surface area contributed by atoms with Gasteiger partial charge in [0, 0.05) is 18.8 Å². The van der Waals surface area contributed by atoms with E-state index in [0.717, 1.165) is 41.8 Å². The standard InChI is InChI=1S/C27H25N5O3S/c1-16-14-19(35-18-7-3-2-4-8-18)9-10-20(16)32-21-11-13-29-26-22(21)23(31-27(32)34)24(36-26)25(33)30-15-17-6-5-12-28-17/h2-4,7-11,13-14,17,28H,5-6,12,15H2,1H3,(H,30,33)(H,31,34). The van der Waals surface area contributed by atoms with Gasteiger partial charge in [-0.25, -0.2) is 9.78 Å². The van der Waals surface area contributed by atoms with Crippen molar-refractivity contribution in [3.8, 4) is 11.5 Å². The van der Waals surface area contributed by atoms with Crippen LogP contribution in [0.3, 0.4) is 0 Å². The fourth-order valence-corrected chi connectivity index (χ4v) is 5.81. The van der Waals surface area contributed by atoms with Crippen LogP contribution < -0.4 is 25.6 Å². The maximum absolute atomic E-state index is 13.4. The van der Waals surface area contributed by atoms with Gasteiger partial charge in [-0.2, -0.15) is 0 Å². The number of aromatic nitrogens is 1. The molecule has 0 spiro atoms. The Morgan fingerprint density at radius 3 is 2.81 bits per heavy atom. The first-order valence-electron chi connectivity index (χ1n) is 12.0. The first-order valence-corrected chi connectivity index (χ1v) is 12.8. The second-order valence-corrected chi connectivity index (χ2v) is 9.95. The highest BCUT2D eigenvalue weighted by atomic mass is 32.1. The molecule has 3 amide bonds. The lowest BCUT2D eigenvalue weighted by Gasteiger charge is -2.29. The van der Waals surface area contributed by atoms with Crippen molar-refractivity contribution in [2.75, 3.05) is 23.3 Å². The average Bonchev–Trinajstić information content (AvgIpc) is 3.53. The number of urea groups is 1. The molecular weight excluding hydrogens is 474 g/mol. The Balaban J connectivity index is 1.32. The number of hydrogen-bond acceptors (Lipinski definition) is 6. The Morgan fingerprint density at radius 1 is 1.17 bits per heavy atom. The number of carbonyl (C=O) groups is 2. The summed E-state index contributed by atoms with van der Waals surface area (Å²) in [4.78, 5) is 33.7. The maximum atomic E-state index is 13.4. The van der Waals surface area contributed by atoms with Crippen molar-refractivity contribution >= 4 is 50.6 Å². The number of pyridine rings is 1. The van der Waals surface area contributed by atoms with Gasteiger partial charge in [0.2, 0.25) is 0 Å². The van der Waals surface area contributed by atoms with Gasteiger partial charge in [0.1, 0.15) is 21.2 Å². The number of anilines is 3. The van der Waals surface area contributed by atoms with Crippen LogP contribution in [0.15, 0.2) is 60.8 Å². The topological polar surface area (TPSA) is 95.6 Å². The molecule has 182 valence electrons. The number of hydrogen-bond donors (Lipinski definition) is 3. The molecule has 1 unspecified atom stereocenters. The van der Waals surface area contributed by atoms with Crippen molar-refractivity contribution in [1.82, 2.24) is 15.6 Å². The van der Waals surface area contributed by atoms with E-state index in [0.29, 0.717) is 33.4 Å². The van der Waals surface area contributed by atoms with Gasteiger partial charge in [-0.15, -0.1) is 11.3 Å². The van der Waals surface area contributed by atoms with E-state index < -0.39 is 0 Å². The summed E-state index contributed by atoms with van der Waals surface area (Å²) in [5.74, 6) is 1.24. The molecule has 0 radical (unpaired) electrons. The van der Waals surface area contributed by atoms with Gasteiger partial charge in [-0.1, -0.05) is 18.2 Å². The lowest BCUT2D eigenvalue weighted by Crippen LogP contribution is -2.38. The zero-order valence-corrected chi connectivity index (χ0v) is 20.5. The third kappa shape index (κ3) is 4.06. The van der Waals surface area contributed by atoms with Crippen molar-refractivity contribution in [1.29, 1.82) is 0 Å². The summed E-state index contributed by atoms with van der Waals surface area (Å²) in [5, 5.41) is 10.1. The third-order valence-corrected chi connectivity index (χ3v) is 7.61. The molecule has 0 aliphatic carbocycles. The summed E-state index contributed by atoms with van der Waals surface area (Å²) in [6.07, 6.45) is 3.84. The molecule has 1 fully saturated rings. The van der Waals surface area contributed by atoms with Crippen molar-refractivity contribution in [3.63, 3.8) is 0 Å². The van der Waals surface area contributed by atoms with Crippen LogP contribution in [0.5, 0.6) is 11.5 Å². The van der Waals surface area contributed by atoms with E-state index in [1.165, 1.54) is 11.3 Å². The monoisotopic (exact) mass is 499 g/mol. The number of carbonyl (C=O) groups excluding carboxylic acids is 2. The Morgan fingerprint density at radius 2 is 2.03 bits per heavy atom. The molecule has 2 aromatic carbocycles. The average molecular weight is 500 g/mol. The van der Waals surface area contributed by atoms with E-state index in [1.54, 1.807) is 11.1 Å². The summed E-state index contributed by atoms with van der Waals surface area (Å²) in [6, 6.07) is 17.0. The van der Waals surface area contributed by atoms with Crippen molar-refractivity contribution in [2.24, 2.45) is 0 Å². The molecule has 0 saturated carbocycles. The highest BCUT2D eigenvalue weighted by molar-refractivity contribution is 7.21. The smallest absolute Gasteiger partial charge is 0.331 e. The van der Waals surface area contributed by atoms with Gasteiger partial charge in [-0.05, 0) is 68.3 Å². The number of thiophene rings is 1. The highest BCUT2D eigenvalue weighted by Gasteiger charge is 2.33.